The summed E-state index contributed by atoms with van der Waals surface area (Å²) in [5, 5.41) is 3.44. The molecule has 1 N–H and O–H groups in total. The van der Waals surface area contributed by atoms with Gasteiger partial charge in [0.25, 0.3) is 0 Å². The van der Waals surface area contributed by atoms with Crippen LogP contribution in [-0.2, 0) is 6.54 Å². The Kier molecular flexibility index (Phi) is 6.35. The number of hydrogen-bond acceptors (Lipinski definition) is 2. The Morgan fingerprint density at radius 3 is 2.84 bits per heavy atom. The zero-order valence-electron chi connectivity index (χ0n) is 11.9. The van der Waals surface area contributed by atoms with E-state index in [2.05, 4.69) is 57.5 Å². The second-order valence-electron chi connectivity index (χ2n) is 5.70. The summed E-state index contributed by atoms with van der Waals surface area (Å²) in [7, 11) is 2.23. The molecule has 2 nitrogen and oxygen atoms in total. The minimum atomic E-state index is 0.959. The number of hydrogen-bond donors (Lipinski definition) is 1. The van der Waals surface area contributed by atoms with Gasteiger partial charge in [-0.2, -0.15) is 0 Å². The summed E-state index contributed by atoms with van der Waals surface area (Å²) in [6.07, 6.45) is 5.46. The fourth-order valence-electron chi connectivity index (χ4n) is 2.85. The van der Waals surface area contributed by atoms with E-state index in [1.165, 1.54) is 55.4 Å². The third-order valence-corrected chi connectivity index (χ3v) is 4.45. The van der Waals surface area contributed by atoms with E-state index in [4.69, 9.17) is 0 Å². The molecule has 1 aromatic carbocycles. The van der Waals surface area contributed by atoms with Gasteiger partial charge in [-0.3, -0.25) is 0 Å². The van der Waals surface area contributed by atoms with Crippen molar-refractivity contribution in [2.45, 2.75) is 32.2 Å². The Bertz CT molecular complexity index is 375. The van der Waals surface area contributed by atoms with Crippen LogP contribution in [0.2, 0.25) is 0 Å². The molecular weight excluding hydrogens is 300 g/mol. The second-order valence-corrected chi connectivity index (χ2v) is 6.62. The van der Waals surface area contributed by atoms with E-state index >= 15 is 0 Å². The topological polar surface area (TPSA) is 15.3 Å². The molecular formula is C16H25BrN2. The van der Waals surface area contributed by atoms with Crippen LogP contribution < -0.4 is 5.32 Å². The minimum Gasteiger partial charge on any atom is -0.317 e. The van der Waals surface area contributed by atoms with Crippen molar-refractivity contribution in [2.75, 3.05) is 26.7 Å². The molecule has 19 heavy (non-hydrogen) atoms. The zero-order chi connectivity index (χ0) is 13.5. The average molecular weight is 325 g/mol. The van der Waals surface area contributed by atoms with Crippen LogP contribution in [0, 0.1) is 5.92 Å². The molecule has 2 rings (SSSR count). The van der Waals surface area contributed by atoms with Crippen LogP contribution in [0.4, 0.5) is 0 Å². The molecule has 1 saturated heterocycles. The molecule has 0 aliphatic carbocycles. The van der Waals surface area contributed by atoms with Gasteiger partial charge in [-0.25, -0.2) is 0 Å². The third-order valence-electron chi connectivity index (χ3n) is 3.95. The number of nitrogens with zero attached hydrogens (tertiary/aromatic N) is 1. The van der Waals surface area contributed by atoms with Crippen LogP contribution in [0.15, 0.2) is 28.7 Å². The van der Waals surface area contributed by atoms with E-state index in [1.54, 1.807) is 0 Å². The summed E-state index contributed by atoms with van der Waals surface area (Å²) >= 11 is 3.53. The highest BCUT2D eigenvalue weighted by Gasteiger charge is 2.12. The maximum atomic E-state index is 3.53. The lowest BCUT2D eigenvalue weighted by molar-refractivity contribution is 0.286. The molecule has 0 radical (unpaired) electrons. The van der Waals surface area contributed by atoms with Crippen LogP contribution >= 0.6 is 15.9 Å². The van der Waals surface area contributed by atoms with Crippen molar-refractivity contribution < 1.29 is 0 Å². The van der Waals surface area contributed by atoms with Crippen LogP contribution in [0.5, 0.6) is 0 Å². The normalized spacial score (nSPS) is 17.0. The van der Waals surface area contributed by atoms with Crippen molar-refractivity contribution in [1.82, 2.24) is 10.2 Å². The summed E-state index contributed by atoms with van der Waals surface area (Å²) in [5.74, 6) is 0.959. The highest BCUT2D eigenvalue weighted by atomic mass is 79.9. The molecule has 1 heterocycles. The molecule has 1 aliphatic heterocycles. The van der Waals surface area contributed by atoms with Gasteiger partial charge in [-0.15, -0.1) is 0 Å². The molecule has 1 aliphatic rings. The fraction of sp³-hybridized carbons (Fsp3) is 0.625. The third kappa shape index (κ3) is 5.64. The molecule has 0 amide bonds. The van der Waals surface area contributed by atoms with Crippen molar-refractivity contribution >= 4 is 15.9 Å². The van der Waals surface area contributed by atoms with Gasteiger partial charge in [-0.05, 0) is 76.0 Å². The molecule has 1 fully saturated rings. The minimum absolute atomic E-state index is 0.959. The summed E-state index contributed by atoms with van der Waals surface area (Å²) in [4.78, 5) is 2.43. The van der Waals surface area contributed by atoms with Gasteiger partial charge in [0, 0.05) is 11.0 Å². The molecule has 0 atom stereocenters. The Morgan fingerprint density at radius 1 is 1.32 bits per heavy atom. The van der Waals surface area contributed by atoms with E-state index in [0.29, 0.717) is 0 Å². The highest BCUT2D eigenvalue weighted by molar-refractivity contribution is 9.10. The lowest BCUT2D eigenvalue weighted by atomic mass is 9.93. The van der Waals surface area contributed by atoms with Crippen molar-refractivity contribution in [3.8, 4) is 0 Å². The Balaban J connectivity index is 1.65. The molecule has 3 heteroatoms. The van der Waals surface area contributed by atoms with Gasteiger partial charge in [0.2, 0.25) is 0 Å². The van der Waals surface area contributed by atoms with Crippen molar-refractivity contribution in [3.05, 3.63) is 34.3 Å². The van der Waals surface area contributed by atoms with Crippen LogP contribution in [0.1, 0.15) is 31.2 Å². The lowest BCUT2D eigenvalue weighted by Gasteiger charge is -2.24. The Morgan fingerprint density at radius 2 is 2.11 bits per heavy atom. The molecule has 106 valence electrons. The fourth-order valence-corrected chi connectivity index (χ4v) is 3.29. The monoisotopic (exact) mass is 324 g/mol. The van der Waals surface area contributed by atoms with Gasteiger partial charge in [-0.1, -0.05) is 28.1 Å². The molecule has 0 spiro atoms. The number of rotatable bonds is 6. The highest BCUT2D eigenvalue weighted by Crippen LogP contribution is 2.18. The number of nitrogens with one attached hydrogen (secondary N) is 1. The molecule has 0 unspecified atom stereocenters. The quantitative estimate of drug-likeness (QED) is 0.859. The van der Waals surface area contributed by atoms with E-state index in [0.717, 1.165) is 12.5 Å². The van der Waals surface area contributed by atoms with Crippen LogP contribution in [0.3, 0.4) is 0 Å². The largest absolute Gasteiger partial charge is 0.317 e. The molecule has 1 aromatic rings. The van der Waals surface area contributed by atoms with E-state index < -0.39 is 0 Å². The first-order valence-corrected chi connectivity index (χ1v) is 8.17. The van der Waals surface area contributed by atoms with Crippen molar-refractivity contribution in [2.24, 2.45) is 5.92 Å². The first kappa shape index (κ1) is 15.0. The van der Waals surface area contributed by atoms with Crippen molar-refractivity contribution in [1.29, 1.82) is 0 Å². The number of halogens is 1. The van der Waals surface area contributed by atoms with Gasteiger partial charge in [0.05, 0.1) is 0 Å². The number of benzene rings is 1. The predicted octanol–water partition coefficient (Wildman–Crippen LogP) is 3.66. The van der Waals surface area contributed by atoms with Gasteiger partial charge in [0.15, 0.2) is 0 Å². The molecule has 0 aromatic heterocycles. The standard InChI is InChI=1S/C16H25BrN2/c1-19(13-15-4-2-6-16(17)12-15)11-3-5-14-7-9-18-10-8-14/h2,4,6,12,14,18H,3,5,7-11,13H2,1H3. The van der Waals surface area contributed by atoms with Crippen LogP contribution in [0.25, 0.3) is 0 Å². The zero-order valence-corrected chi connectivity index (χ0v) is 13.5. The number of piperidine rings is 1. The van der Waals surface area contributed by atoms with Gasteiger partial charge < -0.3 is 10.2 Å². The average Bonchev–Trinajstić information content (AvgIpc) is 2.40. The first-order valence-electron chi connectivity index (χ1n) is 7.38. The first-order chi connectivity index (χ1) is 9.24. The van der Waals surface area contributed by atoms with E-state index in [-0.39, 0.29) is 0 Å². The Labute approximate surface area is 125 Å². The second kappa shape index (κ2) is 8.03. The maximum Gasteiger partial charge on any atom is 0.0231 e. The van der Waals surface area contributed by atoms with E-state index in [9.17, 15) is 0 Å². The summed E-state index contributed by atoms with van der Waals surface area (Å²) in [5.41, 5.74) is 1.39. The lowest BCUT2D eigenvalue weighted by Crippen LogP contribution is -2.28. The molecule has 0 saturated carbocycles. The maximum absolute atomic E-state index is 3.53. The van der Waals surface area contributed by atoms with Crippen molar-refractivity contribution in [3.63, 3.8) is 0 Å². The summed E-state index contributed by atoms with van der Waals surface area (Å²) in [6.45, 7) is 4.69. The van der Waals surface area contributed by atoms with Crippen LogP contribution in [-0.4, -0.2) is 31.6 Å². The smallest absolute Gasteiger partial charge is 0.0231 e. The molecule has 0 bridgehead atoms. The Hall–Kier alpha value is -0.380. The summed E-state index contributed by atoms with van der Waals surface area (Å²) in [6, 6.07) is 8.61. The SMILES string of the molecule is CN(CCCC1CCNCC1)Cc1cccc(Br)c1. The van der Waals surface area contributed by atoms with Gasteiger partial charge >= 0.3 is 0 Å². The predicted molar refractivity (Wildman–Crippen MR) is 85.3 cm³/mol. The van der Waals surface area contributed by atoms with Gasteiger partial charge in [0.1, 0.15) is 0 Å². The van der Waals surface area contributed by atoms with E-state index in [1.807, 2.05) is 0 Å². The summed E-state index contributed by atoms with van der Waals surface area (Å²) < 4.78 is 1.17.